The van der Waals surface area contributed by atoms with Crippen molar-refractivity contribution in [1.29, 1.82) is 0 Å². The van der Waals surface area contributed by atoms with Crippen LogP contribution in [0.2, 0.25) is 0 Å². The van der Waals surface area contributed by atoms with Gasteiger partial charge in [-0.2, -0.15) is 13.2 Å². The van der Waals surface area contributed by atoms with Crippen LogP contribution in [0.5, 0.6) is 0 Å². The number of rotatable bonds is 2. The van der Waals surface area contributed by atoms with Crippen molar-refractivity contribution in [3.05, 3.63) is 35.4 Å². The highest BCUT2D eigenvalue weighted by molar-refractivity contribution is 5.42. The van der Waals surface area contributed by atoms with E-state index in [-0.39, 0.29) is 11.0 Å². The molecular formula is C16H19F3. The number of halogens is 3. The van der Waals surface area contributed by atoms with Crippen LogP contribution in [-0.2, 0) is 6.18 Å². The Kier molecular flexibility index (Phi) is 5.05. The molecule has 0 spiro atoms. The Labute approximate surface area is 113 Å². The normalized spacial score (nSPS) is 11.9. The van der Waals surface area contributed by atoms with E-state index in [1.165, 1.54) is 12.1 Å². The molecule has 1 rings (SSSR count). The summed E-state index contributed by atoms with van der Waals surface area (Å²) in [6.45, 7) is 6.41. The first-order valence-corrected chi connectivity index (χ1v) is 6.35. The van der Waals surface area contributed by atoms with Crippen LogP contribution in [0.4, 0.5) is 13.2 Å². The largest absolute Gasteiger partial charge is 0.417 e. The van der Waals surface area contributed by atoms with Crippen molar-refractivity contribution in [2.24, 2.45) is 5.41 Å². The van der Waals surface area contributed by atoms with Gasteiger partial charge in [0.1, 0.15) is 0 Å². The minimum atomic E-state index is -4.34. The summed E-state index contributed by atoms with van der Waals surface area (Å²) in [6.07, 6.45) is -1.78. The molecule has 0 aliphatic rings. The first-order valence-electron chi connectivity index (χ1n) is 6.35. The molecule has 0 N–H and O–H groups in total. The molecule has 19 heavy (non-hydrogen) atoms. The first-order chi connectivity index (χ1) is 8.70. The third-order valence-electron chi connectivity index (χ3n) is 2.68. The number of hydrogen-bond acceptors (Lipinski definition) is 0. The maximum Gasteiger partial charge on any atom is 0.417 e. The van der Waals surface area contributed by atoms with Gasteiger partial charge < -0.3 is 0 Å². The van der Waals surface area contributed by atoms with Crippen LogP contribution < -0.4 is 0 Å². The molecule has 0 bridgehead atoms. The van der Waals surface area contributed by atoms with Gasteiger partial charge in [0, 0.05) is 12.0 Å². The summed E-state index contributed by atoms with van der Waals surface area (Å²) >= 11 is 0. The van der Waals surface area contributed by atoms with Crippen LogP contribution in [0, 0.1) is 17.3 Å². The van der Waals surface area contributed by atoms with Crippen LogP contribution in [0.3, 0.4) is 0 Å². The SMILES string of the molecule is CC(C)(C)CCCC#Cc1ccccc1C(F)(F)F. The van der Waals surface area contributed by atoms with Crippen molar-refractivity contribution >= 4 is 0 Å². The second-order valence-electron chi connectivity index (χ2n) is 5.76. The molecule has 0 unspecified atom stereocenters. The fourth-order valence-corrected chi connectivity index (χ4v) is 1.70. The van der Waals surface area contributed by atoms with Gasteiger partial charge in [-0.3, -0.25) is 0 Å². The van der Waals surface area contributed by atoms with Gasteiger partial charge in [0.15, 0.2) is 0 Å². The highest BCUT2D eigenvalue weighted by Gasteiger charge is 2.32. The lowest BCUT2D eigenvalue weighted by Gasteiger charge is -2.16. The van der Waals surface area contributed by atoms with Crippen LogP contribution in [0.25, 0.3) is 0 Å². The van der Waals surface area contributed by atoms with Crippen molar-refractivity contribution in [3.63, 3.8) is 0 Å². The fourth-order valence-electron chi connectivity index (χ4n) is 1.70. The number of unbranched alkanes of at least 4 members (excludes halogenated alkanes) is 1. The van der Waals surface area contributed by atoms with E-state index in [1.54, 1.807) is 6.07 Å². The minimum absolute atomic E-state index is 0.0609. The van der Waals surface area contributed by atoms with Crippen molar-refractivity contribution in [2.75, 3.05) is 0 Å². The second kappa shape index (κ2) is 6.14. The maximum atomic E-state index is 12.7. The van der Waals surface area contributed by atoms with Gasteiger partial charge in [-0.25, -0.2) is 0 Å². The quantitative estimate of drug-likeness (QED) is 0.506. The molecule has 0 nitrogen and oxygen atoms in total. The molecular weight excluding hydrogens is 249 g/mol. The Morgan fingerprint density at radius 2 is 1.68 bits per heavy atom. The first kappa shape index (κ1) is 15.6. The van der Waals surface area contributed by atoms with E-state index < -0.39 is 11.7 Å². The molecule has 0 saturated carbocycles. The van der Waals surface area contributed by atoms with Crippen LogP contribution in [-0.4, -0.2) is 0 Å². The Bertz CT molecular complexity index is 467. The van der Waals surface area contributed by atoms with E-state index in [9.17, 15) is 13.2 Å². The molecule has 0 aromatic heterocycles. The molecule has 0 fully saturated rings. The molecule has 1 aromatic rings. The van der Waals surface area contributed by atoms with Crippen molar-refractivity contribution < 1.29 is 13.2 Å². The monoisotopic (exact) mass is 268 g/mol. The average Bonchev–Trinajstić information content (AvgIpc) is 2.26. The van der Waals surface area contributed by atoms with Crippen LogP contribution >= 0.6 is 0 Å². The zero-order valence-electron chi connectivity index (χ0n) is 11.6. The minimum Gasteiger partial charge on any atom is -0.166 e. The summed E-state index contributed by atoms with van der Waals surface area (Å²) in [6, 6.07) is 5.45. The van der Waals surface area contributed by atoms with E-state index in [0.29, 0.717) is 6.42 Å². The molecule has 3 heteroatoms. The average molecular weight is 268 g/mol. The van der Waals surface area contributed by atoms with Crippen molar-refractivity contribution in [1.82, 2.24) is 0 Å². The summed E-state index contributed by atoms with van der Waals surface area (Å²) in [4.78, 5) is 0. The second-order valence-corrected chi connectivity index (χ2v) is 5.76. The fraction of sp³-hybridized carbons (Fsp3) is 0.500. The van der Waals surface area contributed by atoms with E-state index in [1.807, 2.05) is 0 Å². The topological polar surface area (TPSA) is 0 Å². The molecule has 1 aromatic carbocycles. The number of alkyl halides is 3. The summed E-state index contributed by atoms with van der Waals surface area (Å²) in [7, 11) is 0. The smallest absolute Gasteiger partial charge is 0.166 e. The van der Waals surface area contributed by atoms with E-state index in [0.717, 1.165) is 18.9 Å². The zero-order chi connectivity index (χ0) is 14.5. The molecule has 104 valence electrons. The molecule has 0 atom stereocenters. The van der Waals surface area contributed by atoms with Gasteiger partial charge in [-0.05, 0) is 30.4 Å². The molecule has 0 aliphatic heterocycles. The van der Waals surface area contributed by atoms with Gasteiger partial charge >= 0.3 is 6.18 Å². The van der Waals surface area contributed by atoms with Crippen LogP contribution in [0.1, 0.15) is 51.2 Å². The molecule has 0 radical (unpaired) electrons. The van der Waals surface area contributed by atoms with Crippen LogP contribution in [0.15, 0.2) is 24.3 Å². The lowest BCUT2D eigenvalue weighted by Crippen LogP contribution is -2.07. The highest BCUT2D eigenvalue weighted by atomic mass is 19.4. The number of hydrogen-bond donors (Lipinski definition) is 0. The molecule has 0 amide bonds. The van der Waals surface area contributed by atoms with Gasteiger partial charge in [-0.1, -0.05) is 44.7 Å². The van der Waals surface area contributed by atoms with Gasteiger partial charge in [0.05, 0.1) is 5.56 Å². The Morgan fingerprint density at radius 3 is 2.26 bits per heavy atom. The van der Waals surface area contributed by atoms with E-state index in [4.69, 9.17) is 0 Å². The summed E-state index contributed by atoms with van der Waals surface area (Å²) in [5.74, 6) is 5.47. The maximum absolute atomic E-state index is 12.7. The predicted molar refractivity (Wildman–Crippen MR) is 71.6 cm³/mol. The Hall–Kier alpha value is -1.43. The van der Waals surface area contributed by atoms with E-state index >= 15 is 0 Å². The third-order valence-corrected chi connectivity index (χ3v) is 2.68. The molecule has 0 saturated heterocycles. The molecule has 0 aliphatic carbocycles. The van der Waals surface area contributed by atoms with Gasteiger partial charge in [0.2, 0.25) is 0 Å². The lowest BCUT2D eigenvalue weighted by atomic mass is 9.90. The Morgan fingerprint density at radius 1 is 1.05 bits per heavy atom. The van der Waals surface area contributed by atoms with Crippen molar-refractivity contribution in [3.8, 4) is 11.8 Å². The summed E-state index contributed by atoms with van der Waals surface area (Å²) in [5.41, 5.74) is -0.352. The summed E-state index contributed by atoms with van der Waals surface area (Å²) < 4.78 is 38.1. The molecule has 0 heterocycles. The third kappa shape index (κ3) is 5.83. The predicted octanol–water partition coefficient (Wildman–Crippen LogP) is 5.27. The van der Waals surface area contributed by atoms with Gasteiger partial charge in [0.25, 0.3) is 0 Å². The summed E-state index contributed by atoms with van der Waals surface area (Å²) in [5, 5.41) is 0. The van der Waals surface area contributed by atoms with E-state index in [2.05, 4.69) is 32.6 Å². The van der Waals surface area contributed by atoms with Crippen molar-refractivity contribution in [2.45, 2.75) is 46.2 Å². The Balaban J connectivity index is 2.69. The van der Waals surface area contributed by atoms with Gasteiger partial charge in [-0.15, -0.1) is 0 Å². The lowest BCUT2D eigenvalue weighted by molar-refractivity contribution is -0.137. The highest BCUT2D eigenvalue weighted by Crippen LogP contribution is 2.31. The number of benzene rings is 1. The zero-order valence-corrected chi connectivity index (χ0v) is 11.6. The standard InChI is InChI=1S/C16H19F3/c1-15(2,3)12-8-4-5-9-13-10-6-7-11-14(13)16(17,18)19/h6-7,10-11H,4,8,12H2,1-3H3.